The third-order valence-electron chi connectivity index (χ3n) is 5.06. The van der Waals surface area contributed by atoms with Crippen molar-refractivity contribution in [2.24, 2.45) is 0 Å². The maximum absolute atomic E-state index is 12.6. The molecule has 0 radical (unpaired) electrons. The number of nitrogens with zero attached hydrogens (tertiary/aromatic N) is 1. The highest BCUT2D eigenvalue weighted by molar-refractivity contribution is 7.14. The molecule has 0 spiro atoms. The molecule has 2 heterocycles. The molecule has 32 heavy (non-hydrogen) atoms. The minimum atomic E-state index is -0.290. The monoisotopic (exact) mass is 462 g/mol. The number of hydrogen-bond acceptors (Lipinski definition) is 4. The lowest BCUT2D eigenvalue weighted by molar-refractivity contribution is 0.102. The number of anilines is 1. The molecular formula is C26H23ClN2O2S. The molecule has 0 fully saturated rings. The van der Waals surface area contributed by atoms with Gasteiger partial charge in [-0.3, -0.25) is 9.78 Å². The fraction of sp³-hybridized carbons (Fsp3) is 0.154. The van der Waals surface area contributed by atoms with Crippen molar-refractivity contribution < 1.29 is 9.90 Å². The molecule has 0 aliphatic carbocycles. The average Bonchev–Trinajstić information content (AvgIpc) is 3.23. The normalized spacial score (nSPS) is 11.4. The van der Waals surface area contributed by atoms with E-state index < -0.39 is 0 Å². The highest BCUT2D eigenvalue weighted by Crippen LogP contribution is 2.37. The molecule has 1 amide bonds. The Kier molecular flexibility index (Phi) is 6.04. The molecule has 0 aliphatic rings. The standard InChI is InChI=1S/C26H23ClN2O2S/c1-26(2,3)24-13-16(9-10-28-24)23-12-18(15-32-23)21-8-7-17(11-22(21)27)25(31)29-19-5-4-6-20(30)14-19/h4-15,30H,1-3H3,(H,29,31). The fourth-order valence-corrected chi connectivity index (χ4v) is 4.50. The van der Waals surface area contributed by atoms with Gasteiger partial charge >= 0.3 is 0 Å². The van der Waals surface area contributed by atoms with Crippen molar-refractivity contribution in [3.8, 4) is 27.3 Å². The van der Waals surface area contributed by atoms with E-state index in [9.17, 15) is 9.90 Å². The number of aromatic hydroxyl groups is 1. The SMILES string of the molecule is CC(C)(C)c1cc(-c2cc(-c3ccc(C(=O)Nc4cccc(O)c4)cc3Cl)cs2)ccn1. The van der Waals surface area contributed by atoms with Crippen LogP contribution in [0.5, 0.6) is 5.75 Å². The van der Waals surface area contributed by atoms with Crippen molar-refractivity contribution in [1.29, 1.82) is 0 Å². The number of hydrogen-bond donors (Lipinski definition) is 2. The molecule has 2 aromatic heterocycles. The first-order valence-electron chi connectivity index (χ1n) is 10.2. The van der Waals surface area contributed by atoms with Crippen LogP contribution in [-0.4, -0.2) is 16.0 Å². The summed E-state index contributed by atoms with van der Waals surface area (Å²) >= 11 is 8.20. The molecule has 0 bridgehead atoms. The summed E-state index contributed by atoms with van der Waals surface area (Å²) in [5.74, 6) is -0.199. The fourth-order valence-electron chi connectivity index (χ4n) is 3.30. The van der Waals surface area contributed by atoms with Crippen LogP contribution in [0.2, 0.25) is 5.02 Å². The minimum absolute atomic E-state index is 0.0195. The molecule has 4 aromatic rings. The van der Waals surface area contributed by atoms with Gasteiger partial charge in [0.15, 0.2) is 0 Å². The van der Waals surface area contributed by atoms with Crippen molar-refractivity contribution in [1.82, 2.24) is 4.98 Å². The Labute approximate surface area is 196 Å². The third kappa shape index (κ3) is 4.85. The summed E-state index contributed by atoms with van der Waals surface area (Å²) in [5.41, 5.74) is 4.99. The van der Waals surface area contributed by atoms with Crippen LogP contribution in [0.25, 0.3) is 21.6 Å². The third-order valence-corrected chi connectivity index (χ3v) is 6.35. The number of thiophene rings is 1. The van der Waals surface area contributed by atoms with Gasteiger partial charge in [0.05, 0.1) is 0 Å². The number of halogens is 1. The molecule has 2 aromatic carbocycles. The second-order valence-electron chi connectivity index (χ2n) is 8.58. The van der Waals surface area contributed by atoms with Crippen LogP contribution in [0.1, 0.15) is 36.8 Å². The van der Waals surface area contributed by atoms with Crippen LogP contribution in [0, 0.1) is 0 Å². The van der Waals surface area contributed by atoms with Crippen LogP contribution in [-0.2, 0) is 5.41 Å². The van der Waals surface area contributed by atoms with E-state index in [4.69, 9.17) is 11.6 Å². The minimum Gasteiger partial charge on any atom is -0.508 e. The number of amides is 1. The van der Waals surface area contributed by atoms with Crippen LogP contribution in [0.3, 0.4) is 0 Å². The second kappa shape index (κ2) is 8.77. The number of phenols is 1. The maximum atomic E-state index is 12.6. The Morgan fingerprint density at radius 1 is 1.03 bits per heavy atom. The van der Waals surface area contributed by atoms with E-state index in [-0.39, 0.29) is 17.1 Å². The van der Waals surface area contributed by atoms with Gasteiger partial charge in [0.1, 0.15) is 5.75 Å². The van der Waals surface area contributed by atoms with Gasteiger partial charge in [-0.2, -0.15) is 0 Å². The summed E-state index contributed by atoms with van der Waals surface area (Å²) < 4.78 is 0. The van der Waals surface area contributed by atoms with Crippen LogP contribution in [0.4, 0.5) is 5.69 Å². The number of phenolic OH excluding ortho intramolecular Hbond substituents is 1. The number of nitrogens with one attached hydrogen (secondary N) is 1. The van der Waals surface area contributed by atoms with E-state index in [0.29, 0.717) is 16.3 Å². The lowest BCUT2D eigenvalue weighted by Crippen LogP contribution is -2.13. The lowest BCUT2D eigenvalue weighted by atomic mass is 9.90. The van der Waals surface area contributed by atoms with Crippen LogP contribution in [0.15, 0.2) is 72.2 Å². The Bertz CT molecular complexity index is 1290. The van der Waals surface area contributed by atoms with Gasteiger partial charge in [0.25, 0.3) is 5.91 Å². The molecule has 6 heteroatoms. The summed E-state index contributed by atoms with van der Waals surface area (Å²) in [6.07, 6.45) is 1.85. The Morgan fingerprint density at radius 2 is 1.84 bits per heavy atom. The van der Waals surface area contributed by atoms with Gasteiger partial charge in [0, 0.05) is 50.1 Å². The van der Waals surface area contributed by atoms with E-state index in [1.54, 1.807) is 41.7 Å². The van der Waals surface area contributed by atoms with Gasteiger partial charge in [-0.05, 0) is 59.0 Å². The zero-order valence-corrected chi connectivity index (χ0v) is 19.6. The number of carbonyl (C=O) groups is 1. The zero-order valence-electron chi connectivity index (χ0n) is 18.0. The summed E-state index contributed by atoms with van der Waals surface area (Å²) in [6, 6.07) is 18.0. The van der Waals surface area contributed by atoms with Crippen molar-refractivity contribution in [3.63, 3.8) is 0 Å². The Hall–Kier alpha value is -3.15. The smallest absolute Gasteiger partial charge is 0.255 e. The van der Waals surface area contributed by atoms with E-state index in [1.807, 2.05) is 18.3 Å². The molecule has 0 aliphatic heterocycles. The summed E-state index contributed by atoms with van der Waals surface area (Å²) in [7, 11) is 0. The molecule has 0 saturated heterocycles. The predicted molar refractivity (Wildman–Crippen MR) is 133 cm³/mol. The van der Waals surface area contributed by atoms with E-state index in [1.165, 1.54) is 6.07 Å². The molecule has 0 saturated carbocycles. The summed E-state index contributed by atoms with van der Waals surface area (Å²) in [5, 5.41) is 14.9. The number of aromatic nitrogens is 1. The van der Waals surface area contributed by atoms with Crippen molar-refractivity contribution in [3.05, 3.63) is 88.5 Å². The van der Waals surface area contributed by atoms with Crippen LogP contribution < -0.4 is 5.32 Å². The molecular weight excluding hydrogens is 440 g/mol. The predicted octanol–water partition coefficient (Wildman–Crippen LogP) is 7.39. The maximum Gasteiger partial charge on any atom is 0.255 e. The number of benzene rings is 2. The number of carbonyl (C=O) groups excluding carboxylic acids is 1. The topological polar surface area (TPSA) is 62.2 Å². The van der Waals surface area contributed by atoms with Gasteiger partial charge in [-0.1, -0.05) is 44.5 Å². The van der Waals surface area contributed by atoms with Crippen molar-refractivity contribution in [2.75, 3.05) is 5.32 Å². The zero-order chi connectivity index (χ0) is 22.9. The average molecular weight is 463 g/mol. The Balaban J connectivity index is 1.57. The highest BCUT2D eigenvalue weighted by Gasteiger charge is 2.17. The van der Waals surface area contributed by atoms with E-state index >= 15 is 0 Å². The van der Waals surface area contributed by atoms with E-state index in [2.05, 4.69) is 48.6 Å². The summed E-state index contributed by atoms with van der Waals surface area (Å²) in [6.45, 7) is 6.45. The van der Waals surface area contributed by atoms with Crippen molar-refractivity contribution >= 4 is 34.5 Å². The first-order chi connectivity index (χ1) is 15.2. The first kappa shape index (κ1) is 22.1. The molecule has 2 N–H and O–H groups in total. The van der Waals surface area contributed by atoms with Gasteiger partial charge < -0.3 is 10.4 Å². The molecule has 0 unspecified atom stereocenters. The lowest BCUT2D eigenvalue weighted by Gasteiger charge is -2.17. The second-order valence-corrected chi connectivity index (χ2v) is 9.90. The van der Waals surface area contributed by atoms with E-state index in [0.717, 1.165) is 27.3 Å². The number of rotatable bonds is 4. The Morgan fingerprint density at radius 3 is 2.56 bits per heavy atom. The highest BCUT2D eigenvalue weighted by atomic mass is 35.5. The molecule has 4 nitrogen and oxygen atoms in total. The number of pyridine rings is 1. The van der Waals surface area contributed by atoms with Gasteiger partial charge in [-0.15, -0.1) is 11.3 Å². The quantitative estimate of drug-likeness (QED) is 0.332. The molecule has 4 rings (SSSR count). The van der Waals surface area contributed by atoms with Crippen molar-refractivity contribution in [2.45, 2.75) is 26.2 Å². The summed E-state index contributed by atoms with van der Waals surface area (Å²) in [4.78, 5) is 18.2. The molecule has 0 atom stereocenters. The first-order valence-corrected chi connectivity index (χ1v) is 11.4. The van der Waals surface area contributed by atoms with Crippen LogP contribution >= 0.6 is 22.9 Å². The molecule has 162 valence electrons. The van der Waals surface area contributed by atoms with Gasteiger partial charge in [-0.25, -0.2) is 0 Å². The van der Waals surface area contributed by atoms with Gasteiger partial charge in [0.2, 0.25) is 0 Å². The largest absolute Gasteiger partial charge is 0.508 e.